The highest BCUT2D eigenvalue weighted by Gasteiger charge is 2.37. The Morgan fingerprint density at radius 3 is 2.45 bits per heavy atom. The molecule has 0 unspecified atom stereocenters. The van der Waals surface area contributed by atoms with Crippen molar-refractivity contribution in [3.8, 4) is 11.5 Å². The highest BCUT2D eigenvalue weighted by Crippen LogP contribution is 2.43. The molecule has 1 aliphatic heterocycles. The summed E-state index contributed by atoms with van der Waals surface area (Å²) >= 11 is 0. The van der Waals surface area contributed by atoms with Crippen molar-refractivity contribution >= 4 is 12.0 Å². The summed E-state index contributed by atoms with van der Waals surface area (Å²) in [6.07, 6.45) is 3.65. The van der Waals surface area contributed by atoms with Gasteiger partial charge in [-0.1, -0.05) is 18.9 Å². The van der Waals surface area contributed by atoms with Crippen molar-refractivity contribution in [2.24, 2.45) is 0 Å². The summed E-state index contributed by atoms with van der Waals surface area (Å²) in [4.78, 5) is 24.5. The highest BCUT2D eigenvalue weighted by molar-refractivity contribution is 5.85. The number of hydrogen-bond acceptors (Lipinski definition) is 5. The SMILES string of the molecule is C[C@@H](NC(=O)OC(C)(C)C)C(=O)NCC1(c2ccc3c(c2)OCCO3)CCCC1. The Balaban J connectivity index is 1.63. The lowest BCUT2D eigenvalue weighted by atomic mass is 9.78. The van der Waals surface area contributed by atoms with Crippen molar-refractivity contribution in [1.82, 2.24) is 10.6 Å². The smallest absolute Gasteiger partial charge is 0.408 e. The van der Waals surface area contributed by atoms with E-state index in [1.54, 1.807) is 27.7 Å². The molecule has 7 heteroatoms. The minimum absolute atomic E-state index is 0.128. The van der Waals surface area contributed by atoms with E-state index in [4.69, 9.17) is 14.2 Å². The molecule has 1 aliphatic carbocycles. The average molecular weight is 405 g/mol. The van der Waals surface area contributed by atoms with E-state index < -0.39 is 17.7 Å². The zero-order chi connectivity index (χ0) is 21.1. The van der Waals surface area contributed by atoms with Gasteiger partial charge in [-0.15, -0.1) is 0 Å². The normalized spacial score (nSPS) is 18.6. The van der Waals surface area contributed by atoms with Gasteiger partial charge in [-0.2, -0.15) is 0 Å². The minimum Gasteiger partial charge on any atom is -0.486 e. The number of nitrogens with one attached hydrogen (secondary N) is 2. The summed E-state index contributed by atoms with van der Waals surface area (Å²) in [5, 5.41) is 5.63. The van der Waals surface area contributed by atoms with Gasteiger partial charge in [-0.3, -0.25) is 4.79 Å². The lowest BCUT2D eigenvalue weighted by molar-refractivity contribution is -0.123. The first-order chi connectivity index (χ1) is 13.7. The maximum Gasteiger partial charge on any atom is 0.408 e. The third kappa shape index (κ3) is 5.34. The molecule has 1 saturated carbocycles. The molecular weight excluding hydrogens is 372 g/mol. The van der Waals surface area contributed by atoms with Gasteiger partial charge in [0.15, 0.2) is 11.5 Å². The molecule has 7 nitrogen and oxygen atoms in total. The molecule has 0 bridgehead atoms. The van der Waals surface area contributed by atoms with Crippen LogP contribution in [-0.4, -0.2) is 43.4 Å². The molecule has 29 heavy (non-hydrogen) atoms. The Morgan fingerprint density at radius 2 is 1.79 bits per heavy atom. The van der Waals surface area contributed by atoms with Crippen molar-refractivity contribution in [2.45, 2.75) is 70.4 Å². The van der Waals surface area contributed by atoms with Crippen molar-refractivity contribution in [3.63, 3.8) is 0 Å². The number of amides is 2. The maximum absolute atomic E-state index is 12.6. The minimum atomic E-state index is -0.677. The van der Waals surface area contributed by atoms with Crippen molar-refractivity contribution in [2.75, 3.05) is 19.8 Å². The van der Waals surface area contributed by atoms with E-state index >= 15 is 0 Å². The van der Waals surface area contributed by atoms with Crippen LogP contribution in [0.2, 0.25) is 0 Å². The third-order valence-electron chi connectivity index (χ3n) is 5.44. The molecule has 2 N–H and O–H groups in total. The molecule has 2 amide bonds. The molecule has 1 aromatic carbocycles. The molecule has 160 valence electrons. The van der Waals surface area contributed by atoms with Gasteiger partial charge in [-0.25, -0.2) is 4.79 Å². The molecule has 0 saturated heterocycles. The quantitative estimate of drug-likeness (QED) is 0.786. The number of alkyl carbamates (subject to hydrolysis) is 1. The van der Waals surface area contributed by atoms with Gasteiger partial charge >= 0.3 is 6.09 Å². The number of fused-ring (bicyclic) bond motifs is 1. The summed E-state index contributed by atoms with van der Waals surface area (Å²) in [6.45, 7) is 8.65. The van der Waals surface area contributed by atoms with Crippen LogP contribution in [0.4, 0.5) is 4.79 Å². The molecule has 0 radical (unpaired) electrons. The third-order valence-corrected chi connectivity index (χ3v) is 5.44. The standard InChI is InChI=1S/C22H32N2O5/c1-15(24-20(26)29-21(2,3)4)19(25)23-14-22(9-5-6-10-22)16-7-8-17-18(13-16)28-12-11-27-17/h7-8,13,15H,5-6,9-12,14H2,1-4H3,(H,23,25)(H,24,26)/t15-/m1/s1. The van der Waals surface area contributed by atoms with E-state index in [1.165, 1.54) is 0 Å². The van der Waals surface area contributed by atoms with Crippen LogP contribution < -0.4 is 20.1 Å². The zero-order valence-electron chi connectivity index (χ0n) is 17.8. The fraction of sp³-hybridized carbons (Fsp3) is 0.636. The number of rotatable bonds is 5. The maximum atomic E-state index is 12.6. The van der Waals surface area contributed by atoms with Crippen molar-refractivity contribution < 1.29 is 23.8 Å². The summed E-state index contributed by atoms with van der Waals surface area (Å²) in [6, 6.07) is 5.41. The van der Waals surface area contributed by atoms with E-state index in [9.17, 15) is 9.59 Å². The van der Waals surface area contributed by atoms with Gasteiger partial charge in [0.25, 0.3) is 0 Å². The molecule has 1 atom stereocenters. The summed E-state index contributed by atoms with van der Waals surface area (Å²) in [7, 11) is 0. The topological polar surface area (TPSA) is 85.9 Å². The lowest BCUT2D eigenvalue weighted by Crippen LogP contribution is -2.49. The Labute approximate surface area is 172 Å². The largest absolute Gasteiger partial charge is 0.486 e. The number of ether oxygens (including phenoxy) is 3. The van der Waals surface area contributed by atoms with Crippen LogP contribution in [0.25, 0.3) is 0 Å². The monoisotopic (exact) mass is 404 g/mol. The zero-order valence-corrected chi connectivity index (χ0v) is 17.8. The van der Waals surface area contributed by atoms with Crippen LogP contribution >= 0.6 is 0 Å². The van der Waals surface area contributed by atoms with Gasteiger partial charge in [-0.05, 0) is 58.2 Å². The molecule has 3 rings (SSSR count). The molecule has 1 aromatic rings. The Kier molecular flexibility index (Phi) is 6.24. The van der Waals surface area contributed by atoms with Crippen molar-refractivity contribution in [1.29, 1.82) is 0 Å². The predicted molar refractivity (Wildman–Crippen MR) is 109 cm³/mol. The molecular formula is C22H32N2O5. The first-order valence-corrected chi connectivity index (χ1v) is 10.4. The van der Waals surface area contributed by atoms with Crippen LogP contribution in [0, 0.1) is 0 Å². The van der Waals surface area contributed by atoms with Gasteiger partial charge in [0, 0.05) is 12.0 Å². The molecule has 0 aromatic heterocycles. The van der Waals surface area contributed by atoms with E-state index in [0.717, 1.165) is 42.7 Å². The van der Waals surface area contributed by atoms with Crippen LogP contribution in [0.15, 0.2) is 18.2 Å². The highest BCUT2D eigenvalue weighted by atomic mass is 16.6. The van der Waals surface area contributed by atoms with Crippen molar-refractivity contribution in [3.05, 3.63) is 23.8 Å². The lowest BCUT2D eigenvalue weighted by Gasteiger charge is -2.32. The van der Waals surface area contributed by atoms with E-state index in [-0.39, 0.29) is 11.3 Å². The van der Waals surface area contributed by atoms with Crippen LogP contribution in [-0.2, 0) is 14.9 Å². The fourth-order valence-electron chi connectivity index (χ4n) is 3.95. The second kappa shape index (κ2) is 8.51. The van der Waals surface area contributed by atoms with Gasteiger partial charge in [0.05, 0.1) is 0 Å². The molecule has 2 aliphatic rings. The first-order valence-electron chi connectivity index (χ1n) is 10.4. The van der Waals surface area contributed by atoms with E-state index in [0.29, 0.717) is 19.8 Å². The Morgan fingerprint density at radius 1 is 1.14 bits per heavy atom. The van der Waals surface area contributed by atoms with E-state index in [1.807, 2.05) is 12.1 Å². The number of carbonyl (C=O) groups is 2. The second-order valence-electron chi connectivity index (χ2n) is 8.93. The van der Waals surface area contributed by atoms with Crippen LogP contribution in [0.1, 0.15) is 58.9 Å². The van der Waals surface area contributed by atoms with Gasteiger partial charge in [0.1, 0.15) is 24.9 Å². The summed E-state index contributed by atoms with van der Waals surface area (Å²) in [5.41, 5.74) is 0.427. The second-order valence-corrected chi connectivity index (χ2v) is 8.93. The fourth-order valence-corrected chi connectivity index (χ4v) is 3.95. The van der Waals surface area contributed by atoms with Crippen LogP contribution in [0.3, 0.4) is 0 Å². The Bertz CT molecular complexity index is 750. The number of benzene rings is 1. The van der Waals surface area contributed by atoms with Gasteiger partial charge in [0.2, 0.25) is 5.91 Å². The average Bonchev–Trinajstić information content (AvgIpc) is 3.14. The summed E-state index contributed by atoms with van der Waals surface area (Å²) in [5.74, 6) is 1.32. The number of carbonyl (C=O) groups excluding carboxylic acids is 2. The first kappa shape index (κ1) is 21.3. The molecule has 1 heterocycles. The molecule has 1 fully saturated rings. The molecule has 0 spiro atoms. The number of hydrogen-bond donors (Lipinski definition) is 2. The summed E-state index contributed by atoms with van der Waals surface area (Å²) < 4.78 is 16.6. The van der Waals surface area contributed by atoms with E-state index in [2.05, 4.69) is 16.7 Å². The Hall–Kier alpha value is -2.44. The van der Waals surface area contributed by atoms with Crippen LogP contribution in [0.5, 0.6) is 11.5 Å². The predicted octanol–water partition coefficient (Wildman–Crippen LogP) is 3.30. The van der Waals surface area contributed by atoms with Gasteiger partial charge < -0.3 is 24.8 Å².